The molecule has 114 valence electrons. The van der Waals surface area contributed by atoms with E-state index in [-0.39, 0.29) is 11.8 Å². The molecule has 1 fully saturated rings. The average Bonchev–Trinajstić information content (AvgIpc) is 2.42. The van der Waals surface area contributed by atoms with Crippen LogP contribution in [0.25, 0.3) is 0 Å². The van der Waals surface area contributed by atoms with Crippen LogP contribution in [-0.2, 0) is 9.59 Å². The monoisotopic (exact) mass is 310 g/mol. The molecule has 1 atom stereocenters. The average molecular weight is 311 g/mol. The standard InChI is InChI=1S/C15H19ClN2O3/c1-5-10-13(19)17-15(2,3)14(20)18(10)11-8-9(16)6-7-12(11)21-4/h6-8,10H,5H2,1-4H3,(H,17,19). The van der Waals surface area contributed by atoms with Crippen molar-refractivity contribution in [2.24, 2.45) is 0 Å². The normalized spacial score (nSPS) is 21.2. The Bertz CT molecular complexity index is 586. The summed E-state index contributed by atoms with van der Waals surface area (Å²) in [7, 11) is 1.52. The molecule has 0 radical (unpaired) electrons. The number of carbonyl (C=O) groups is 2. The molecule has 0 spiro atoms. The highest BCUT2D eigenvalue weighted by Gasteiger charge is 2.46. The fraction of sp³-hybridized carbons (Fsp3) is 0.467. The van der Waals surface area contributed by atoms with Crippen LogP contribution in [0.4, 0.5) is 5.69 Å². The summed E-state index contributed by atoms with van der Waals surface area (Å²) in [6.45, 7) is 5.23. The van der Waals surface area contributed by atoms with E-state index in [1.165, 1.54) is 12.0 Å². The Kier molecular flexibility index (Phi) is 4.14. The van der Waals surface area contributed by atoms with Gasteiger partial charge in [0.15, 0.2) is 0 Å². The third-order valence-electron chi connectivity index (χ3n) is 3.59. The minimum absolute atomic E-state index is 0.177. The van der Waals surface area contributed by atoms with Crippen LogP contribution in [0.15, 0.2) is 18.2 Å². The van der Waals surface area contributed by atoms with E-state index in [0.29, 0.717) is 22.9 Å². The van der Waals surface area contributed by atoms with Gasteiger partial charge in [-0.2, -0.15) is 0 Å². The van der Waals surface area contributed by atoms with Crippen LogP contribution in [0.1, 0.15) is 27.2 Å². The quantitative estimate of drug-likeness (QED) is 0.932. The maximum atomic E-state index is 12.8. The van der Waals surface area contributed by atoms with E-state index in [9.17, 15) is 9.59 Å². The first-order chi connectivity index (χ1) is 9.81. The van der Waals surface area contributed by atoms with Crippen LogP contribution in [-0.4, -0.2) is 30.5 Å². The first-order valence-corrected chi connectivity index (χ1v) is 7.19. The number of methoxy groups -OCH3 is 1. The smallest absolute Gasteiger partial charge is 0.253 e. The minimum atomic E-state index is -0.962. The van der Waals surface area contributed by atoms with Crippen molar-refractivity contribution in [2.75, 3.05) is 12.0 Å². The van der Waals surface area contributed by atoms with E-state index >= 15 is 0 Å². The van der Waals surface area contributed by atoms with E-state index in [1.54, 1.807) is 32.0 Å². The van der Waals surface area contributed by atoms with Gasteiger partial charge in [0, 0.05) is 5.02 Å². The Morgan fingerprint density at radius 3 is 2.62 bits per heavy atom. The highest BCUT2D eigenvalue weighted by molar-refractivity contribution is 6.31. The Balaban J connectivity index is 2.59. The summed E-state index contributed by atoms with van der Waals surface area (Å²) in [5.74, 6) is 0.148. The number of rotatable bonds is 3. The Morgan fingerprint density at radius 1 is 1.38 bits per heavy atom. The molecule has 1 heterocycles. The second kappa shape index (κ2) is 5.56. The molecule has 1 unspecified atom stereocenters. The number of piperazine rings is 1. The topological polar surface area (TPSA) is 58.6 Å². The highest BCUT2D eigenvalue weighted by atomic mass is 35.5. The molecule has 0 bridgehead atoms. The number of ether oxygens (including phenoxy) is 1. The van der Waals surface area contributed by atoms with Gasteiger partial charge in [0.25, 0.3) is 5.91 Å². The number of hydrogen-bond donors (Lipinski definition) is 1. The summed E-state index contributed by atoms with van der Waals surface area (Å²) in [6.07, 6.45) is 0.503. The Morgan fingerprint density at radius 2 is 2.05 bits per heavy atom. The second-order valence-corrected chi connectivity index (χ2v) is 5.97. The molecule has 21 heavy (non-hydrogen) atoms. The summed E-state index contributed by atoms with van der Waals surface area (Å²) in [5, 5.41) is 3.24. The van der Waals surface area contributed by atoms with Crippen molar-refractivity contribution >= 4 is 29.1 Å². The van der Waals surface area contributed by atoms with Gasteiger partial charge in [-0.25, -0.2) is 0 Å². The zero-order valence-corrected chi connectivity index (χ0v) is 13.3. The molecule has 0 aliphatic carbocycles. The van der Waals surface area contributed by atoms with Crippen molar-refractivity contribution in [1.82, 2.24) is 5.32 Å². The highest BCUT2D eigenvalue weighted by Crippen LogP contribution is 2.36. The zero-order chi connectivity index (χ0) is 15.8. The predicted octanol–water partition coefficient (Wildman–Crippen LogP) is 2.37. The van der Waals surface area contributed by atoms with Gasteiger partial charge in [-0.05, 0) is 38.5 Å². The van der Waals surface area contributed by atoms with Gasteiger partial charge in [-0.3, -0.25) is 14.5 Å². The third-order valence-corrected chi connectivity index (χ3v) is 3.83. The van der Waals surface area contributed by atoms with Crippen molar-refractivity contribution < 1.29 is 14.3 Å². The number of halogens is 1. The maximum absolute atomic E-state index is 12.8. The van der Waals surface area contributed by atoms with Crippen molar-refractivity contribution in [3.63, 3.8) is 0 Å². The van der Waals surface area contributed by atoms with Gasteiger partial charge in [0.05, 0.1) is 12.8 Å². The lowest BCUT2D eigenvalue weighted by molar-refractivity contribution is -0.137. The zero-order valence-electron chi connectivity index (χ0n) is 12.6. The minimum Gasteiger partial charge on any atom is -0.495 e. The summed E-state index contributed by atoms with van der Waals surface area (Å²) < 4.78 is 5.31. The van der Waals surface area contributed by atoms with Gasteiger partial charge < -0.3 is 10.1 Å². The Hall–Kier alpha value is -1.75. The second-order valence-electron chi connectivity index (χ2n) is 5.53. The first-order valence-electron chi connectivity index (χ1n) is 6.81. The van der Waals surface area contributed by atoms with Gasteiger partial charge in [-0.15, -0.1) is 0 Å². The lowest BCUT2D eigenvalue weighted by atomic mass is 9.95. The number of anilines is 1. The van der Waals surface area contributed by atoms with Crippen LogP contribution in [0.5, 0.6) is 5.75 Å². The van der Waals surface area contributed by atoms with E-state index in [2.05, 4.69) is 5.32 Å². The molecule has 1 saturated heterocycles. The molecule has 1 N–H and O–H groups in total. The number of hydrogen-bond acceptors (Lipinski definition) is 3. The van der Waals surface area contributed by atoms with Gasteiger partial charge in [0.1, 0.15) is 17.3 Å². The largest absolute Gasteiger partial charge is 0.495 e. The molecular formula is C15H19ClN2O3. The van der Waals surface area contributed by atoms with E-state index in [4.69, 9.17) is 16.3 Å². The predicted molar refractivity (Wildman–Crippen MR) is 81.8 cm³/mol. The van der Waals surface area contributed by atoms with Gasteiger partial charge in [-0.1, -0.05) is 18.5 Å². The fourth-order valence-electron chi connectivity index (χ4n) is 2.50. The maximum Gasteiger partial charge on any atom is 0.253 e. The van der Waals surface area contributed by atoms with E-state index < -0.39 is 11.6 Å². The summed E-state index contributed by atoms with van der Waals surface area (Å²) in [6, 6.07) is 4.45. The summed E-state index contributed by atoms with van der Waals surface area (Å²) in [4.78, 5) is 26.5. The summed E-state index contributed by atoms with van der Waals surface area (Å²) in [5.41, 5.74) is -0.444. The van der Waals surface area contributed by atoms with Gasteiger partial charge >= 0.3 is 0 Å². The number of amides is 2. The van der Waals surface area contributed by atoms with Gasteiger partial charge in [0.2, 0.25) is 5.91 Å². The number of benzene rings is 1. The fourth-order valence-corrected chi connectivity index (χ4v) is 2.67. The lowest BCUT2D eigenvalue weighted by Crippen LogP contribution is -2.68. The first kappa shape index (κ1) is 15.6. The van der Waals surface area contributed by atoms with Crippen LogP contribution < -0.4 is 15.0 Å². The number of carbonyl (C=O) groups excluding carboxylic acids is 2. The summed E-state index contributed by atoms with van der Waals surface area (Å²) >= 11 is 6.05. The van der Waals surface area contributed by atoms with E-state index in [0.717, 1.165) is 0 Å². The van der Waals surface area contributed by atoms with Crippen molar-refractivity contribution in [3.8, 4) is 5.75 Å². The third kappa shape index (κ3) is 2.70. The van der Waals surface area contributed by atoms with Crippen LogP contribution in [0.2, 0.25) is 5.02 Å². The van der Waals surface area contributed by atoms with Crippen LogP contribution in [0, 0.1) is 0 Å². The molecule has 1 aromatic rings. The molecule has 1 aromatic carbocycles. The van der Waals surface area contributed by atoms with Crippen LogP contribution in [0.3, 0.4) is 0 Å². The molecule has 2 amide bonds. The molecule has 6 heteroatoms. The van der Waals surface area contributed by atoms with Crippen molar-refractivity contribution in [2.45, 2.75) is 38.8 Å². The molecule has 0 saturated carbocycles. The molecule has 5 nitrogen and oxygen atoms in total. The van der Waals surface area contributed by atoms with E-state index in [1.807, 2.05) is 6.92 Å². The van der Waals surface area contributed by atoms with Crippen molar-refractivity contribution in [1.29, 1.82) is 0 Å². The molecule has 2 rings (SSSR count). The SMILES string of the molecule is CCC1C(=O)NC(C)(C)C(=O)N1c1cc(Cl)ccc1OC. The van der Waals surface area contributed by atoms with Crippen LogP contribution >= 0.6 is 11.6 Å². The number of nitrogens with one attached hydrogen (secondary N) is 1. The molecule has 0 aromatic heterocycles. The lowest BCUT2D eigenvalue weighted by Gasteiger charge is -2.42. The molecule has 1 aliphatic rings. The van der Waals surface area contributed by atoms with Crippen molar-refractivity contribution in [3.05, 3.63) is 23.2 Å². The molecular weight excluding hydrogens is 292 g/mol. The molecule has 1 aliphatic heterocycles. The number of nitrogens with zero attached hydrogens (tertiary/aromatic N) is 1. The Labute approximate surface area is 129 Å².